The SMILES string of the molecule is CS(=O)(=O)C(=C1CN(C(c2ccccc2)c2ccccc2)C1)c1cccc(F)c1. The minimum atomic E-state index is -3.49. The topological polar surface area (TPSA) is 37.4 Å². The Balaban J connectivity index is 1.71. The molecule has 1 saturated heterocycles. The van der Waals surface area contributed by atoms with Crippen molar-refractivity contribution in [2.45, 2.75) is 6.04 Å². The average Bonchev–Trinajstić information content (AvgIpc) is 2.67. The Morgan fingerprint density at radius 3 is 1.90 bits per heavy atom. The minimum Gasteiger partial charge on any atom is -0.284 e. The Bertz CT molecular complexity index is 1090. The molecule has 1 fully saturated rings. The van der Waals surface area contributed by atoms with Crippen molar-refractivity contribution in [1.82, 2.24) is 4.90 Å². The van der Waals surface area contributed by atoms with Gasteiger partial charge in [0.15, 0.2) is 9.84 Å². The van der Waals surface area contributed by atoms with Gasteiger partial charge in [0.05, 0.1) is 10.9 Å². The molecule has 3 aromatic carbocycles. The van der Waals surface area contributed by atoms with Gasteiger partial charge in [-0.05, 0) is 34.4 Å². The molecule has 0 unspecified atom stereocenters. The summed E-state index contributed by atoms with van der Waals surface area (Å²) in [6, 6.07) is 26.2. The Kier molecular flexibility index (Phi) is 5.35. The van der Waals surface area contributed by atoms with Gasteiger partial charge in [0, 0.05) is 19.3 Å². The Morgan fingerprint density at radius 1 is 0.862 bits per heavy atom. The smallest absolute Gasteiger partial charge is 0.176 e. The number of hydrogen-bond donors (Lipinski definition) is 0. The summed E-state index contributed by atoms with van der Waals surface area (Å²) in [5.41, 5.74) is 3.54. The predicted molar refractivity (Wildman–Crippen MR) is 114 cm³/mol. The zero-order chi connectivity index (χ0) is 20.4. The first kappa shape index (κ1) is 19.6. The van der Waals surface area contributed by atoms with Crippen LogP contribution in [0.5, 0.6) is 0 Å². The number of hydrogen-bond acceptors (Lipinski definition) is 3. The molecule has 0 aromatic heterocycles. The molecular weight excluding hydrogens is 385 g/mol. The van der Waals surface area contributed by atoms with E-state index in [4.69, 9.17) is 0 Å². The van der Waals surface area contributed by atoms with Crippen LogP contribution in [-0.2, 0) is 9.84 Å². The second kappa shape index (κ2) is 7.93. The molecule has 148 valence electrons. The summed E-state index contributed by atoms with van der Waals surface area (Å²) in [6.07, 6.45) is 1.19. The lowest BCUT2D eigenvalue weighted by Gasteiger charge is -2.42. The number of sulfone groups is 1. The lowest BCUT2D eigenvalue weighted by Crippen LogP contribution is -2.44. The van der Waals surface area contributed by atoms with Crippen LogP contribution >= 0.6 is 0 Å². The van der Waals surface area contributed by atoms with Crippen molar-refractivity contribution in [3.05, 3.63) is 113 Å². The quantitative estimate of drug-likeness (QED) is 0.616. The largest absolute Gasteiger partial charge is 0.284 e. The fourth-order valence-electron chi connectivity index (χ4n) is 3.97. The summed E-state index contributed by atoms with van der Waals surface area (Å²) in [4.78, 5) is 2.48. The van der Waals surface area contributed by atoms with Crippen LogP contribution < -0.4 is 0 Å². The minimum absolute atomic E-state index is 0.0365. The van der Waals surface area contributed by atoms with Gasteiger partial charge in [-0.15, -0.1) is 0 Å². The van der Waals surface area contributed by atoms with Gasteiger partial charge in [-0.1, -0.05) is 72.8 Å². The summed E-state index contributed by atoms with van der Waals surface area (Å²) in [7, 11) is -3.49. The van der Waals surface area contributed by atoms with Crippen molar-refractivity contribution in [2.24, 2.45) is 0 Å². The van der Waals surface area contributed by atoms with E-state index in [9.17, 15) is 12.8 Å². The molecule has 0 amide bonds. The highest BCUT2D eigenvalue weighted by Gasteiger charge is 2.34. The normalized spacial score (nSPS) is 14.7. The number of nitrogens with zero attached hydrogens (tertiary/aromatic N) is 1. The standard InChI is InChI=1S/C24H22FNO2S/c1-29(27,28)24(20-13-8-14-22(25)15-20)21-16-26(17-21)23(18-9-4-2-5-10-18)19-11-6-3-7-12-19/h2-15,23H,16-17H2,1H3. The van der Waals surface area contributed by atoms with Gasteiger partial charge in [-0.2, -0.15) is 0 Å². The van der Waals surface area contributed by atoms with Crippen molar-refractivity contribution in [1.29, 1.82) is 0 Å². The van der Waals surface area contributed by atoms with Crippen molar-refractivity contribution < 1.29 is 12.8 Å². The molecule has 0 saturated carbocycles. The highest BCUT2D eigenvalue weighted by Crippen LogP contribution is 2.38. The second-order valence-electron chi connectivity index (χ2n) is 7.34. The van der Waals surface area contributed by atoms with E-state index in [1.54, 1.807) is 12.1 Å². The second-order valence-corrected chi connectivity index (χ2v) is 9.30. The Labute approximate surface area is 171 Å². The van der Waals surface area contributed by atoms with Crippen LogP contribution in [0.3, 0.4) is 0 Å². The number of likely N-dealkylation sites (tertiary alicyclic amines) is 1. The first-order valence-corrected chi connectivity index (χ1v) is 11.3. The molecule has 1 heterocycles. The maximum atomic E-state index is 13.7. The molecule has 0 N–H and O–H groups in total. The van der Waals surface area contributed by atoms with E-state index in [0.29, 0.717) is 18.7 Å². The van der Waals surface area contributed by atoms with E-state index < -0.39 is 15.7 Å². The molecule has 0 bridgehead atoms. The van der Waals surface area contributed by atoms with Crippen molar-refractivity contribution in [3.8, 4) is 0 Å². The molecule has 3 aromatic rings. The Hall–Kier alpha value is -2.76. The van der Waals surface area contributed by atoms with Crippen molar-refractivity contribution in [3.63, 3.8) is 0 Å². The van der Waals surface area contributed by atoms with E-state index >= 15 is 0 Å². The fourth-order valence-corrected chi connectivity index (χ4v) is 5.17. The fraction of sp³-hybridized carbons (Fsp3) is 0.167. The summed E-state index contributed by atoms with van der Waals surface area (Å²) < 4.78 is 38.7. The molecule has 0 radical (unpaired) electrons. The van der Waals surface area contributed by atoms with Gasteiger partial charge in [-0.25, -0.2) is 12.8 Å². The molecule has 0 spiro atoms. The molecule has 3 nitrogen and oxygen atoms in total. The van der Waals surface area contributed by atoms with Crippen LogP contribution in [-0.4, -0.2) is 32.7 Å². The van der Waals surface area contributed by atoms with Gasteiger partial charge >= 0.3 is 0 Å². The third-order valence-electron chi connectivity index (χ3n) is 5.16. The van der Waals surface area contributed by atoms with Gasteiger partial charge in [0.2, 0.25) is 0 Å². The molecule has 0 atom stereocenters. The third-order valence-corrected chi connectivity index (χ3v) is 6.43. The number of benzene rings is 3. The highest BCUT2D eigenvalue weighted by atomic mass is 32.2. The summed E-state index contributed by atoms with van der Waals surface area (Å²) in [5, 5.41) is 0. The summed E-state index contributed by atoms with van der Waals surface area (Å²) in [6.45, 7) is 1.04. The Morgan fingerprint density at radius 2 is 1.41 bits per heavy atom. The maximum absolute atomic E-state index is 13.7. The predicted octanol–water partition coefficient (Wildman–Crippen LogP) is 4.69. The zero-order valence-electron chi connectivity index (χ0n) is 16.1. The zero-order valence-corrected chi connectivity index (χ0v) is 16.9. The molecular formula is C24H22FNO2S. The summed E-state index contributed by atoms with van der Waals surface area (Å²) >= 11 is 0. The van der Waals surface area contributed by atoms with Crippen molar-refractivity contribution >= 4 is 14.7 Å². The number of halogens is 1. The van der Waals surface area contributed by atoms with E-state index in [1.807, 2.05) is 36.4 Å². The van der Waals surface area contributed by atoms with Gasteiger partial charge in [0.25, 0.3) is 0 Å². The van der Waals surface area contributed by atoms with Gasteiger partial charge < -0.3 is 0 Å². The molecule has 1 aliphatic rings. The van der Waals surface area contributed by atoms with E-state index in [0.717, 1.165) is 16.7 Å². The van der Waals surface area contributed by atoms with E-state index in [1.165, 1.54) is 18.4 Å². The average molecular weight is 408 g/mol. The molecule has 0 aliphatic carbocycles. The van der Waals surface area contributed by atoms with Crippen molar-refractivity contribution in [2.75, 3.05) is 19.3 Å². The third kappa shape index (κ3) is 4.16. The van der Waals surface area contributed by atoms with Gasteiger partial charge in [0.1, 0.15) is 5.82 Å². The van der Waals surface area contributed by atoms with Crippen LogP contribution in [0.25, 0.3) is 4.91 Å². The van der Waals surface area contributed by atoms with Crippen LogP contribution in [0.15, 0.2) is 90.5 Å². The van der Waals surface area contributed by atoms with Crippen LogP contribution in [0.2, 0.25) is 0 Å². The lowest BCUT2D eigenvalue weighted by molar-refractivity contribution is 0.203. The monoisotopic (exact) mass is 407 g/mol. The molecule has 29 heavy (non-hydrogen) atoms. The molecule has 5 heteroatoms. The lowest BCUT2D eigenvalue weighted by atomic mass is 9.92. The van der Waals surface area contributed by atoms with E-state index in [-0.39, 0.29) is 10.9 Å². The van der Waals surface area contributed by atoms with E-state index in [2.05, 4.69) is 29.2 Å². The maximum Gasteiger partial charge on any atom is 0.176 e. The first-order valence-electron chi connectivity index (χ1n) is 9.45. The van der Waals surface area contributed by atoms with Gasteiger partial charge in [-0.3, -0.25) is 4.90 Å². The molecule has 1 aliphatic heterocycles. The number of rotatable bonds is 5. The highest BCUT2D eigenvalue weighted by molar-refractivity contribution is 8.00. The first-order chi connectivity index (χ1) is 13.9. The van der Waals surface area contributed by atoms with Crippen LogP contribution in [0, 0.1) is 5.82 Å². The van der Waals surface area contributed by atoms with Crippen LogP contribution in [0.1, 0.15) is 22.7 Å². The van der Waals surface area contributed by atoms with Crippen LogP contribution in [0.4, 0.5) is 4.39 Å². The summed E-state index contributed by atoms with van der Waals surface area (Å²) in [5.74, 6) is -0.438. The molecule has 4 rings (SSSR count).